The molecule has 1 aromatic carbocycles. The number of pyridine rings is 4. The van der Waals surface area contributed by atoms with E-state index in [4.69, 9.17) is 4.74 Å². The van der Waals surface area contributed by atoms with Gasteiger partial charge in [-0.2, -0.15) is 0 Å². The highest BCUT2D eigenvalue weighted by Crippen LogP contribution is 2.23. The number of rotatable bonds is 0. The van der Waals surface area contributed by atoms with Gasteiger partial charge in [-0.15, -0.1) is 11.8 Å². The minimum absolute atomic E-state index is 0.883. The quantitative estimate of drug-likeness (QED) is 0.145. The summed E-state index contributed by atoms with van der Waals surface area (Å²) in [6, 6.07) is 20.4. The summed E-state index contributed by atoms with van der Waals surface area (Å²) >= 11 is 1.88. The normalized spacial score (nSPS) is 9.15. The molecule has 10 heteroatoms. The molecule has 0 N–H and O–H groups in total. The first-order chi connectivity index (χ1) is 38.4. The molecule has 452 valence electrons. The first-order valence-electron chi connectivity index (χ1n) is 29.4. The number of aromatic nitrogens is 8. The maximum atomic E-state index is 5.25. The van der Waals surface area contributed by atoms with Crippen LogP contribution >= 0.6 is 11.8 Å². The van der Waals surface area contributed by atoms with Crippen molar-refractivity contribution in [1.82, 2.24) is 39.9 Å². The lowest BCUT2D eigenvalue weighted by Crippen LogP contribution is -2.02. The lowest BCUT2D eigenvalue weighted by Gasteiger charge is -2.14. The molecule has 0 atom stereocenters. The minimum Gasteiger partial charge on any atom is -0.497 e. The van der Waals surface area contributed by atoms with Gasteiger partial charge in [0.25, 0.3) is 0 Å². The summed E-state index contributed by atoms with van der Waals surface area (Å²) in [5, 5.41) is 0. The van der Waals surface area contributed by atoms with E-state index < -0.39 is 0 Å². The van der Waals surface area contributed by atoms with Crippen molar-refractivity contribution in [1.29, 1.82) is 0 Å². The molecule has 7 aromatic rings. The van der Waals surface area contributed by atoms with E-state index >= 15 is 0 Å². The van der Waals surface area contributed by atoms with Crippen LogP contribution in [0.2, 0.25) is 0 Å². The van der Waals surface area contributed by atoms with E-state index in [0.717, 1.165) is 52.2 Å². The lowest BCUT2D eigenvalue weighted by atomic mass is 10.1. The van der Waals surface area contributed by atoms with Crippen LogP contribution < -0.4 is 0 Å². The van der Waals surface area contributed by atoms with Gasteiger partial charge in [0.1, 0.15) is 12.1 Å². The molecule has 0 aliphatic carbocycles. The summed E-state index contributed by atoms with van der Waals surface area (Å²) in [7, 11) is 0. The standard InChI is InChI=1S/C8H10.4C7H9N.2C6H8N2.C6H10OS.8C2H6/c1-7-5-3-4-6-8(7)2;2*1-6-3-4-8-5-7(6)2;2*1-6-4-3-5-8-7(6)2;1-5-3-7-4-8-6(5)2;2*1-5-6(2)8-4-3-7-5;8*1-2/h3-6H,1-2H3;4*3-5H,1-2H3;2*3-4H,1-2H3;3-4H2,1-2H3;8*1-2H3. The highest BCUT2D eigenvalue weighted by Gasteiger charge is 2.04. The van der Waals surface area contributed by atoms with Crippen molar-refractivity contribution < 1.29 is 4.74 Å². The number of benzene rings is 1. The molecule has 0 bridgehead atoms. The number of nitrogens with zero attached hydrogens (tertiary/aromatic N) is 8. The van der Waals surface area contributed by atoms with Gasteiger partial charge in [-0.3, -0.25) is 29.9 Å². The Hall–Kier alpha value is -6.13. The smallest absolute Gasteiger partial charge is 0.115 e. The van der Waals surface area contributed by atoms with Gasteiger partial charge < -0.3 is 4.74 Å². The molecule has 0 fully saturated rings. The molecule has 1 aliphatic heterocycles. The van der Waals surface area contributed by atoms with E-state index in [1.165, 1.54) is 49.4 Å². The molecule has 9 nitrogen and oxygen atoms in total. The van der Waals surface area contributed by atoms with Crippen molar-refractivity contribution in [2.75, 3.05) is 12.4 Å². The van der Waals surface area contributed by atoms with Crippen LogP contribution in [0.5, 0.6) is 0 Å². The van der Waals surface area contributed by atoms with Crippen molar-refractivity contribution >= 4 is 11.8 Å². The van der Waals surface area contributed by atoms with Crippen molar-refractivity contribution in [2.45, 2.75) is 222 Å². The Labute approximate surface area is 499 Å². The number of ether oxygens (including phenoxy) is 1. The van der Waals surface area contributed by atoms with Gasteiger partial charge in [0.05, 0.1) is 18.0 Å². The zero-order valence-corrected chi connectivity index (χ0v) is 58.2. The topological polar surface area (TPSA) is 112 Å². The predicted octanol–water partition coefficient (Wildman–Crippen LogP) is 21.5. The Morgan fingerprint density at radius 3 is 0.812 bits per heavy atom. The Bertz CT molecular complexity index is 1810. The molecule has 8 rings (SSSR count). The van der Waals surface area contributed by atoms with Crippen LogP contribution in [0, 0.1) is 96.9 Å². The second kappa shape index (κ2) is 69.0. The summed E-state index contributed by atoms with van der Waals surface area (Å²) in [6.45, 7) is 65.5. The largest absolute Gasteiger partial charge is 0.497 e. The SMILES string of the molecule is CC.CC.CC.CC.CC.CC.CC.CC.CC1=C(C)SCCO1.Cc1ccccc1C.Cc1cccnc1C.Cc1cccnc1C.Cc1ccncc1C.Cc1ccncc1C.Cc1cncnc1C.Cc1nccnc1C. The summed E-state index contributed by atoms with van der Waals surface area (Å²) in [6.07, 6.45) is 17.7. The first-order valence-corrected chi connectivity index (χ1v) is 30.4. The van der Waals surface area contributed by atoms with Gasteiger partial charge in [0.15, 0.2) is 0 Å². The van der Waals surface area contributed by atoms with Crippen LogP contribution in [0.1, 0.15) is 203 Å². The van der Waals surface area contributed by atoms with Crippen molar-refractivity contribution in [3.05, 3.63) is 212 Å². The van der Waals surface area contributed by atoms with Gasteiger partial charge in [-0.1, -0.05) is 147 Å². The first kappa shape index (κ1) is 90.4. The number of thioether (sulfide) groups is 1. The second-order valence-electron chi connectivity index (χ2n) is 15.1. The van der Waals surface area contributed by atoms with E-state index in [1.807, 2.05) is 239 Å². The molecule has 0 saturated carbocycles. The van der Waals surface area contributed by atoms with Gasteiger partial charge in [-0.05, 0) is 185 Å². The summed E-state index contributed by atoms with van der Waals surface area (Å²) < 4.78 is 5.25. The Kier molecular flexibility index (Phi) is 77.9. The number of hydrogen-bond acceptors (Lipinski definition) is 10. The van der Waals surface area contributed by atoms with Crippen molar-refractivity contribution in [3.63, 3.8) is 0 Å². The fourth-order valence-corrected chi connectivity index (χ4v) is 5.14. The zero-order valence-electron chi connectivity index (χ0n) is 57.4. The number of aryl methyl sites for hydroxylation is 14. The summed E-state index contributed by atoms with van der Waals surface area (Å²) in [5.41, 5.74) is 16.8. The molecule has 0 amide bonds. The Morgan fingerprint density at radius 1 is 0.300 bits per heavy atom. The van der Waals surface area contributed by atoms with Gasteiger partial charge in [0.2, 0.25) is 0 Å². The molecule has 0 unspecified atom stereocenters. The molecule has 0 radical (unpaired) electrons. The summed E-state index contributed by atoms with van der Waals surface area (Å²) in [5.74, 6) is 2.21. The van der Waals surface area contributed by atoms with E-state index in [9.17, 15) is 0 Å². The lowest BCUT2D eigenvalue weighted by molar-refractivity contribution is 0.229. The van der Waals surface area contributed by atoms with E-state index in [0.29, 0.717) is 0 Å². The number of allylic oxidation sites excluding steroid dienone is 2. The fraction of sp³-hybridized carbons (Fsp3) is 0.486. The van der Waals surface area contributed by atoms with Crippen LogP contribution in [0.4, 0.5) is 0 Å². The molecule has 0 saturated heterocycles. The van der Waals surface area contributed by atoms with Crippen molar-refractivity contribution in [2.24, 2.45) is 0 Å². The molecule has 0 spiro atoms. The third-order valence-corrected chi connectivity index (χ3v) is 11.2. The molecule has 80 heavy (non-hydrogen) atoms. The van der Waals surface area contributed by atoms with Crippen LogP contribution in [0.3, 0.4) is 0 Å². The van der Waals surface area contributed by atoms with Gasteiger partial charge in [0, 0.05) is 83.5 Å². The maximum Gasteiger partial charge on any atom is 0.115 e. The highest BCUT2D eigenvalue weighted by atomic mass is 32.2. The van der Waals surface area contributed by atoms with Crippen LogP contribution in [-0.2, 0) is 4.74 Å². The summed E-state index contributed by atoms with van der Waals surface area (Å²) in [4.78, 5) is 33.2. The zero-order chi connectivity index (χ0) is 63.9. The van der Waals surface area contributed by atoms with E-state index in [1.54, 1.807) is 18.7 Å². The van der Waals surface area contributed by atoms with Crippen LogP contribution in [0.25, 0.3) is 0 Å². The monoisotopic (exact) mass is 1120 g/mol. The molecule has 6 aromatic heterocycles. The molecule has 7 heterocycles. The third-order valence-electron chi connectivity index (χ3n) is 10.1. The molecule has 1 aliphatic rings. The fourth-order valence-electron chi connectivity index (χ4n) is 4.41. The van der Waals surface area contributed by atoms with Crippen LogP contribution in [-0.4, -0.2) is 52.2 Å². The Balaban J connectivity index is -0.000000119. The molecular formula is C70H120N8OS. The highest BCUT2D eigenvalue weighted by molar-refractivity contribution is 8.03. The molecular weight excluding hydrogens is 1000 g/mol. The average Bonchev–Trinajstić information content (AvgIpc) is 3.50. The third kappa shape index (κ3) is 53.9. The average molecular weight is 1120 g/mol. The van der Waals surface area contributed by atoms with E-state index in [-0.39, 0.29) is 0 Å². The minimum atomic E-state index is 0.883. The van der Waals surface area contributed by atoms with Crippen LogP contribution in [0.15, 0.2) is 133 Å². The maximum absolute atomic E-state index is 5.25. The van der Waals surface area contributed by atoms with Gasteiger partial charge in [-0.25, -0.2) is 9.97 Å². The van der Waals surface area contributed by atoms with Gasteiger partial charge >= 0.3 is 0 Å². The predicted molar refractivity (Wildman–Crippen MR) is 361 cm³/mol. The number of hydrogen-bond donors (Lipinski definition) is 0. The Morgan fingerprint density at radius 2 is 0.613 bits per heavy atom. The van der Waals surface area contributed by atoms with E-state index in [2.05, 4.69) is 139 Å². The van der Waals surface area contributed by atoms with Crippen molar-refractivity contribution in [3.8, 4) is 0 Å². The second-order valence-corrected chi connectivity index (χ2v) is 16.5.